The highest BCUT2D eigenvalue weighted by atomic mass is 79.9. The van der Waals surface area contributed by atoms with E-state index in [9.17, 15) is 9.59 Å². The summed E-state index contributed by atoms with van der Waals surface area (Å²) in [6.07, 6.45) is -0.523. The van der Waals surface area contributed by atoms with Crippen LogP contribution in [0.1, 0.15) is 26.3 Å². The summed E-state index contributed by atoms with van der Waals surface area (Å²) >= 11 is 4.81. The zero-order valence-electron chi connectivity index (χ0n) is 10.9. The normalized spacial score (nSPS) is 12.8. The van der Waals surface area contributed by atoms with Crippen LogP contribution in [0.15, 0.2) is 15.2 Å². The molecule has 0 fully saturated rings. The molecule has 1 heterocycles. The lowest BCUT2D eigenvalue weighted by Gasteiger charge is -2.21. The Balaban J connectivity index is 2.67. The van der Waals surface area contributed by atoms with Gasteiger partial charge in [-0.2, -0.15) is 0 Å². The van der Waals surface area contributed by atoms with Crippen LogP contribution in [-0.2, 0) is 16.0 Å². The Kier molecular flexibility index (Phi) is 5.37. The molecule has 0 radical (unpaired) electrons. The van der Waals surface area contributed by atoms with Gasteiger partial charge in [-0.3, -0.25) is 0 Å². The van der Waals surface area contributed by atoms with E-state index in [2.05, 4.69) is 21.2 Å². The van der Waals surface area contributed by atoms with Crippen LogP contribution in [0.5, 0.6) is 0 Å². The van der Waals surface area contributed by atoms with Crippen molar-refractivity contribution in [3.05, 3.63) is 20.8 Å². The van der Waals surface area contributed by atoms with E-state index in [-0.39, 0.29) is 6.42 Å². The summed E-state index contributed by atoms with van der Waals surface area (Å²) in [4.78, 5) is 22.7. The van der Waals surface area contributed by atoms with Crippen LogP contribution in [0.25, 0.3) is 0 Å². The van der Waals surface area contributed by atoms with Crippen molar-refractivity contribution < 1.29 is 19.4 Å². The third kappa shape index (κ3) is 5.61. The molecule has 1 unspecified atom stereocenters. The smallest absolute Gasteiger partial charge is 0.408 e. The first-order chi connectivity index (χ1) is 8.69. The summed E-state index contributed by atoms with van der Waals surface area (Å²) in [5.74, 6) is -1.09. The van der Waals surface area contributed by atoms with Gasteiger partial charge in [-0.15, -0.1) is 11.3 Å². The second-order valence-electron chi connectivity index (χ2n) is 4.96. The Morgan fingerprint density at radius 1 is 1.53 bits per heavy atom. The van der Waals surface area contributed by atoms with Crippen LogP contribution in [0.4, 0.5) is 4.79 Å². The van der Waals surface area contributed by atoms with Crippen molar-refractivity contribution in [2.75, 3.05) is 0 Å². The molecule has 0 bridgehead atoms. The van der Waals surface area contributed by atoms with E-state index in [0.717, 1.165) is 9.35 Å². The first kappa shape index (κ1) is 16.0. The Hall–Kier alpha value is -1.08. The molecule has 1 aromatic heterocycles. The van der Waals surface area contributed by atoms with Gasteiger partial charge in [0.2, 0.25) is 0 Å². The monoisotopic (exact) mass is 349 g/mol. The van der Waals surface area contributed by atoms with Crippen molar-refractivity contribution in [1.29, 1.82) is 0 Å². The molecular weight excluding hydrogens is 334 g/mol. The second kappa shape index (κ2) is 6.38. The number of thiophene rings is 1. The second-order valence-corrected chi connectivity index (χ2v) is 7.19. The van der Waals surface area contributed by atoms with E-state index < -0.39 is 23.7 Å². The molecule has 1 rings (SSSR count). The zero-order chi connectivity index (χ0) is 14.6. The summed E-state index contributed by atoms with van der Waals surface area (Å²) in [6, 6.07) is 0.808. The van der Waals surface area contributed by atoms with E-state index in [4.69, 9.17) is 9.84 Å². The van der Waals surface area contributed by atoms with Gasteiger partial charge in [-0.1, -0.05) is 0 Å². The lowest BCUT2D eigenvalue weighted by molar-refractivity contribution is -0.139. The van der Waals surface area contributed by atoms with Crippen LogP contribution in [0.2, 0.25) is 0 Å². The van der Waals surface area contributed by atoms with Crippen molar-refractivity contribution in [2.24, 2.45) is 0 Å². The number of nitrogens with one attached hydrogen (secondary N) is 1. The maximum Gasteiger partial charge on any atom is 0.408 e. The largest absolute Gasteiger partial charge is 0.480 e. The predicted molar refractivity (Wildman–Crippen MR) is 76.5 cm³/mol. The molecule has 0 spiro atoms. The topological polar surface area (TPSA) is 75.6 Å². The molecule has 0 saturated heterocycles. The van der Waals surface area contributed by atoms with Gasteiger partial charge < -0.3 is 15.2 Å². The number of rotatable bonds is 4. The summed E-state index contributed by atoms with van der Waals surface area (Å²) in [7, 11) is 0. The number of amides is 1. The molecular formula is C12H16BrNO4S. The van der Waals surface area contributed by atoms with E-state index in [1.165, 1.54) is 11.3 Å². The molecule has 5 nitrogen and oxygen atoms in total. The number of ether oxygens (including phenoxy) is 1. The molecule has 19 heavy (non-hydrogen) atoms. The molecule has 0 aliphatic rings. The summed E-state index contributed by atoms with van der Waals surface area (Å²) < 4.78 is 5.91. The van der Waals surface area contributed by atoms with Gasteiger partial charge in [0.1, 0.15) is 11.6 Å². The van der Waals surface area contributed by atoms with Crippen LogP contribution in [0, 0.1) is 0 Å². The first-order valence-electron chi connectivity index (χ1n) is 5.63. The van der Waals surface area contributed by atoms with E-state index in [0.29, 0.717) is 0 Å². The van der Waals surface area contributed by atoms with Crippen molar-refractivity contribution in [3.8, 4) is 0 Å². The molecule has 1 amide bonds. The molecule has 2 N–H and O–H groups in total. The average Bonchev–Trinajstić information content (AvgIpc) is 2.60. The van der Waals surface area contributed by atoms with Crippen molar-refractivity contribution in [3.63, 3.8) is 0 Å². The Labute approximate surface area is 124 Å². The molecule has 0 aliphatic heterocycles. The molecule has 7 heteroatoms. The number of carboxylic acid groups (broad SMARTS) is 1. The van der Waals surface area contributed by atoms with Crippen LogP contribution < -0.4 is 5.32 Å². The number of aliphatic carboxylic acids is 1. The maximum absolute atomic E-state index is 11.6. The number of carbonyl (C=O) groups is 2. The Bertz CT molecular complexity index is 467. The third-order valence-electron chi connectivity index (χ3n) is 2.11. The van der Waals surface area contributed by atoms with Gasteiger partial charge in [0.15, 0.2) is 0 Å². The van der Waals surface area contributed by atoms with E-state index in [1.807, 2.05) is 11.4 Å². The number of carboxylic acids is 1. The quantitative estimate of drug-likeness (QED) is 0.875. The van der Waals surface area contributed by atoms with Gasteiger partial charge in [0, 0.05) is 6.42 Å². The van der Waals surface area contributed by atoms with E-state index in [1.54, 1.807) is 20.8 Å². The van der Waals surface area contributed by atoms with Crippen LogP contribution in [0.3, 0.4) is 0 Å². The number of hydrogen-bond acceptors (Lipinski definition) is 4. The number of carbonyl (C=O) groups excluding carboxylic acids is 1. The highest BCUT2D eigenvalue weighted by Crippen LogP contribution is 2.24. The molecule has 1 atom stereocenters. The Morgan fingerprint density at radius 3 is 2.58 bits per heavy atom. The van der Waals surface area contributed by atoms with Gasteiger partial charge >= 0.3 is 12.1 Å². The first-order valence-corrected chi connectivity index (χ1v) is 7.30. The van der Waals surface area contributed by atoms with Crippen molar-refractivity contribution >= 4 is 39.3 Å². The fraction of sp³-hybridized carbons (Fsp3) is 0.500. The third-order valence-corrected chi connectivity index (χ3v) is 3.92. The SMILES string of the molecule is CC(C)(C)OC(=O)NC(Cc1ccsc1Br)C(=O)O. The molecule has 106 valence electrons. The van der Waals surface area contributed by atoms with Gasteiger partial charge in [0.05, 0.1) is 3.79 Å². The fourth-order valence-corrected chi connectivity index (χ4v) is 2.61. The standard InChI is InChI=1S/C12H16BrNO4S/c1-12(2,3)18-11(17)14-8(10(15)16)6-7-4-5-19-9(7)13/h4-5,8H,6H2,1-3H3,(H,14,17)(H,15,16). The number of halogens is 1. The molecule has 0 aliphatic carbocycles. The minimum atomic E-state index is -1.09. The molecule has 1 aromatic rings. The van der Waals surface area contributed by atoms with Gasteiger partial charge in [-0.05, 0) is 53.7 Å². The Morgan fingerprint density at radius 2 is 2.16 bits per heavy atom. The fourth-order valence-electron chi connectivity index (χ4n) is 1.34. The minimum absolute atomic E-state index is 0.207. The van der Waals surface area contributed by atoms with Crippen LogP contribution in [-0.4, -0.2) is 28.8 Å². The zero-order valence-corrected chi connectivity index (χ0v) is 13.3. The highest BCUT2D eigenvalue weighted by molar-refractivity contribution is 9.11. The molecule has 0 aromatic carbocycles. The van der Waals surface area contributed by atoms with Crippen molar-refractivity contribution in [2.45, 2.75) is 38.8 Å². The number of alkyl carbamates (subject to hydrolysis) is 1. The van der Waals surface area contributed by atoms with Crippen LogP contribution >= 0.6 is 27.3 Å². The summed E-state index contributed by atoms with van der Waals surface area (Å²) in [6.45, 7) is 5.16. The lowest BCUT2D eigenvalue weighted by Crippen LogP contribution is -2.44. The highest BCUT2D eigenvalue weighted by Gasteiger charge is 2.24. The number of hydrogen-bond donors (Lipinski definition) is 2. The van der Waals surface area contributed by atoms with E-state index >= 15 is 0 Å². The van der Waals surface area contributed by atoms with Crippen molar-refractivity contribution in [1.82, 2.24) is 5.32 Å². The predicted octanol–water partition coefficient (Wildman–Crippen LogP) is 3.03. The molecule has 0 saturated carbocycles. The summed E-state index contributed by atoms with van der Waals surface area (Å²) in [5.41, 5.74) is 0.185. The lowest BCUT2D eigenvalue weighted by atomic mass is 10.1. The van der Waals surface area contributed by atoms with Gasteiger partial charge in [0.25, 0.3) is 0 Å². The maximum atomic E-state index is 11.6. The average molecular weight is 350 g/mol. The minimum Gasteiger partial charge on any atom is -0.480 e. The summed E-state index contributed by atoms with van der Waals surface area (Å²) in [5, 5.41) is 13.3. The van der Waals surface area contributed by atoms with Gasteiger partial charge in [-0.25, -0.2) is 9.59 Å².